The van der Waals surface area contributed by atoms with Crippen LogP contribution < -0.4 is 10.0 Å². The summed E-state index contributed by atoms with van der Waals surface area (Å²) >= 11 is 0. The van der Waals surface area contributed by atoms with Crippen LogP contribution in [0.25, 0.3) is 0 Å². The average Bonchev–Trinajstić information content (AvgIpc) is 2.93. The number of nitrogens with one attached hydrogen (secondary N) is 2. The van der Waals surface area contributed by atoms with Crippen molar-refractivity contribution in [2.24, 2.45) is 7.05 Å². The minimum Gasteiger partial charge on any atom is -0.481 e. The van der Waals surface area contributed by atoms with Gasteiger partial charge < -0.3 is 10.4 Å². The van der Waals surface area contributed by atoms with Gasteiger partial charge in [0.15, 0.2) is 5.69 Å². The summed E-state index contributed by atoms with van der Waals surface area (Å²) in [7, 11) is -2.05. The Morgan fingerprint density at radius 3 is 2.57 bits per heavy atom. The van der Waals surface area contributed by atoms with E-state index in [-0.39, 0.29) is 23.6 Å². The highest BCUT2D eigenvalue weighted by atomic mass is 32.2. The van der Waals surface area contributed by atoms with Crippen molar-refractivity contribution in [3.8, 4) is 0 Å². The van der Waals surface area contributed by atoms with E-state index in [0.717, 1.165) is 5.56 Å². The number of carboxylic acid groups (broad SMARTS) is 1. The van der Waals surface area contributed by atoms with Gasteiger partial charge in [-0.1, -0.05) is 31.2 Å². The molecule has 0 aliphatic heterocycles. The zero-order valence-electron chi connectivity index (χ0n) is 16.0. The first kappa shape index (κ1) is 21.4. The summed E-state index contributed by atoms with van der Waals surface area (Å²) in [6.45, 7) is 3.55. The van der Waals surface area contributed by atoms with Gasteiger partial charge in [-0.25, -0.2) is 8.42 Å². The quantitative estimate of drug-likeness (QED) is 0.580. The molecule has 0 radical (unpaired) electrons. The average molecular weight is 408 g/mol. The maximum atomic E-state index is 12.8. The fourth-order valence-electron chi connectivity index (χ4n) is 2.84. The molecule has 0 aliphatic carbocycles. The smallest absolute Gasteiger partial charge is 0.305 e. The number of sulfonamides is 1. The fourth-order valence-corrected chi connectivity index (χ4v) is 3.96. The number of carbonyl (C=O) groups is 2. The molecule has 0 fully saturated rings. The van der Waals surface area contributed by atoms with Gasteiger partial charge in [-0.2, -0.15) is 5.10 Å². The van der Waals surface area contributed by atoms with Gasteiger partial charge in [0, 0.05) is 13.2 Å². The van der Waals surface area contributed by atoms with Crippen molar-refractivity contribution in [3.63, 3.8) is 0 Å². The van der Waals surface area contributed by atoms with E-state index < -0.39 is 27.9 Å². The van der Waals surface area contributed by atoms with Crippen LogP contribution in [0.3, 0.4) is 0 Å². The molecule has 1 aromatic carbocycles. The fraction of sp³-hybridized carbons (Fsp3) is 0.389. The molecule has 0 bridgehead atoms. The normalized spacial score (nSPS) is 12.4. The SMILES string of the molecule is CCCS(=O)(=O)Nc1cn(C)nc1C(=O)NC(CC(=O)O)c1ccccc1C. The first-order chi connectivity index (χ1) is 13.1. The molecule has 0 aliphatic rings. The molecule has 1 aromatic heterocycles. The molecule has 2 rings (SSSR count). The van der Waals surface area contributed by atoms with E-state index in [9.17, 15) is 23.1 Å². The van der Waals surface area contributed by atoms with Crippen molar-refractivity contribution in [2.45, 2.75) is 32.7 Å². The molecule has 1 unspecified atom stereocenters. The molecule has 0 saturated heterocycles. The van der Waals surface area contributed by atoms with Crippen LogP contribution in [-0.2, 0) is 21.9 Å². The van der Waals surface area contributed by atoms with Crippen LogP contribution in [0.1, 0.15) is 47.4 Å². The Balaban J connectivity index is 2.31. The number of amides is 1. The molecule has 0 saturated carbocycles. The van der Waals surface area contributed by atoms with E-state index in [2.05, 4.69) is 15.1 Å². The molecule has 28 heavy (non-hydrogen) atoms. The number of carboxylic acids is 1. The second-order valence-corrected chi connectivity index (χ2v) is 8.31. The number of benzene rings is 1. The van der Waals surface area contributed by atoms with Gasteiger partial charge in [-0.05, 0) is 24.5 Å². The lowest BCUT2D eigenvalue weighted by molar-refractivity contribution is -0.137. The van der Waals surface area contributed by atoms with Gasteiger partial charge in [0.1, 0.15) is 0 Å². The van der Waals surface area contributed by atoms with Gasteiger partial charge in [0.25, 0.3) is 5.91 Å². The van der Waals surface area contributed by atoms with Gasteiger partial charge >= 0.3 is 5.97 Å². The van der Waals surface area contributed by atoms with E-state index in [0.29, 0.717) is 12.0 Å². The zero-order chi connectivity index (χ0) is 20.9. The van der Waals surface area contributed by atoms with E-state index in [4.69, 9.17) is 0 Å². The van der Waals surface area contributed by atoms with E-state index in [1.165, 1.54) is 10.9 Å². The summed E-state index contributed by atoms with van der Waals surface area (Å²) in [5.41, 5.74) is 1.43. The first-order valence-electron chi connectivity index (χ1n) is 8.75. The molecule has 1 atom stereocenters. The third kappa shape index (κ3) is 5.56. The highest BCUT2D eigenvalue weighted by molar-refractivity contribution is 7.92. The minimum atomic E-state index is -3.61. The molecule has 1 heterocycles. The van der Waals surface area contributed by atoms with Crippen molar-refractivity contribution in [3.05, 3.63) is 47.3 Å². The van der Waals surface area contributed by atoms with E-state index in [1.54, 1.807) is 26.1 Å². The lowest BCUT2D eigenvalue weighted by atomic mass is 9.98. The van der Waals surface area contributed by atoms with Crippen molar-refractivity contribution >= 4 is 27.6 Å². The second kappa shape index (κ2) is 8.87. The standard InChI is InChI=1S/C18H24N4O5S/c1-4-9-28(26,27)21-15-11-22(3)20-17(15)18(25)19-14(10-16(23)24)13-8-6-5-7-12(13)2/h5-8,11,14,21H,4,9-10H2,1-3H3,(H,19,25)(H,23,24). The van der Waals surface area contributed by atoms with Gasteiger partial charge in [0.2, 0.25) is 10.0 Å². The molecule has 3 N–H and O–H groups in total. The number of nitrogens with zero attached hydrogens (tertiary/aromatic N) is 2. The number of aliphatic carboxylic acids is 1. The number of hydrogen-bond donors (Lipinski definition) is 3. The molecule has 10 heteroatoms. The molecule has 1 amide bonds. The Kier molecular flexibility index (Phi) is 6.79. The topological polar surface area (TPSA) is 130 Å². The Hall–Kier alpha value is -2.88. The summed E-state index contributed by atoms with van der Waals surface area (Å²) in [5.74, 6) is -1.82. The van der Waals surface area contributed by atoms with Crippen LogP contribution in [0.4, 0.5) is 5.69 Å². The maximum absolute atomic E-state index is 12.8. The predicted molar refractivity (Wildman–Crippen MR) is 105 cm³/mol. The second-order valence-electron chi connectivity index (χ2n) is 6.47. The van der Waals surface area contributed by atoms with Crippen LogP contribution in [0.15, 0.2) is 30.5 Å². The number of rotatable bonds is 9. The van der Waals surface area contributed by atoms with E-state index >= 15 is 0 Å². The van der Waals surface area contributed by atoms with Crippen molar-refractivity contribution in [1.29, 1.82) is 0 Å². The molecular weight excluding hydrogens is 384 g/mol. The molecule has 152 valence electrons. The third-order valence-corrected chi connectivity index (χ3v) is 5.51. The Morgan fingerprint density at radius 2 is 1.96 bits per heavy atom. The lowest BCUT2D eigenvalue weighted by Crippen LogP contribution is -2.31. The highest BCUT2D eigenvalue weighted by Gasteiger charge is 2.25. The summed E-state index contributed by atoms with van der Waals surface area (Å²) in [5, 5.41) is 15.9. The van der Waals surface area contributed by atoms with Crippen LogP contribution in [0.5, 0.6) is 0 Å². The van der Waals surface area contributed by atoms with E-state index in [1.807, 2.05) is 19.1 Å². The highest BCUT2D eigenvalue weighted by Crippen LogP contribution is 2.23. The monoisotopic (exact) mass is 408 g/mol. The van der Waals surface area contributed by atoms with Crippen LogP contribution >= 0.6 is 0 Å². The maximum Gasteiger partial charge on any atom is 0.305 e. The van der Waals surface area contributed by atoms with Crippen molar-refractivity contribution < 1.29 is 23.1 Å². The molecular formula is C18H24N4O5S. The molecule has 0 spiro atoms. The number of carbonyl (C=O) groups excluding carboxylic acids is 1. The summed E-state index contributed by atoms with van der Waals surface area (Å²) < 4.78 is 27.8. The number of aromatic nitrogens is 2. The zero-order valence-corrected chi connectivity index (χ0v) is 16.8. The Labute approximate surface area is 163 Å². The number of anilines is 1. The van der Waals surface area contributed by atoms with Crippen molar-refractivity contribution in [2.75, 3.05) is 10.5 Å². The number of hydrogen-bond acceptors (Lipinski definition) is 5. The molecule has 9 nitrogen and oxygen atoms in total. The van der Waals surface area contributed by atoms with Gasteiger partial charge in [-0.3, -0.25) is 19.0 Å². The Morgan fingerprint density at radius 1 is 1.29 bits per heavy atom. The minimum absolute atomic E-state index is 0.0484. The summed E-state index contributed by atoms with van der Waals surface area (Å²) in [6.07, 6.45) is 1.49. The lowest BCUT2D eigenvalue weighted by Gasteiger charge is -2.19. The van der Waals surface area contributed by atoms with Crippen LogP contribution in [0, 0.1) is 6.92 Å². The summed E-state index contributed by atoms with van der Waals surface area (Å²) in [4.78, 5) is 24.1. The molecule has 2 aromatic rings. The van der Waals surface area contributed by atoms with Gasteiger partial charge in [0.05, 0.1) is 23.9 Å². The van der Waals surface area contributed by atoms with Crippen LogP contribution in [-0.4, -0.2) is 40.9 Å². The largest absolute Gasteiger partial charge is 0.481 e. The Bertz CT molecular complexity index is 968. The third-order valence-electron chi connectivity index (χ3n) is 4.03. The summed E-state index contributed by atoms with van der Waals surface area (Å²) in [6, 6.07) is 6.36. The predicted octanol–water partition coefficient (Wildman–Crippen LogP) is 1.83. The number of aryl methyl sites for hydroxylation is 2. The first-order valence-corrected chi connectivity index (χ1v) is 10.4. The van der Waals surface area contributed by atoms with Gasteiger partial charge in [-0.15, -0.1) is 0 Å². The van der Waals surface area contributed by atoms with Crippen molar-refractivity contribution in [1.82, 2.24) is 15.1 Å². The van der Waals surface area contributed by atoms with Crippen LogP contribution in [0.2, 0.25) is 0 Å².